The van der Waals surface area contributed by atoms with E-state index in [0.717, 1.165) is 29.7 Å². The summed E-state index contributed by atoms with van der Waals surface area (Å²) in [5, 5.41) is 0. The number of nitrogens with zero attached hydrogens (tertiary/aromatic N) is 2. The molecule has 1 aromatic rings. The fourth-order valence-electron chi connectivity index (χ4n) is 3.17. The maximum atomic E-state index is 14.6. The molecule has 2 heterocycles. The van der Waals surface area contributed by atoms with Gasteiger partial charge < -0.3 is 4.90 Å². The van der Waals surface area contributed by atoms with Crippen molar-refractivity contribution in [3.63, 3.8) is 0 Å². The fraction of sp³-hybridized carbons (Fsp3) is 0.533. The number of rotatable bonds is 1. The molecule has 96 valence electrons. The summed E-state index contributed by atoms with van der Waals surface area (Å²) in [4.78, 5) is 6.12. The summed E-state index contributed by atoms with van der Waals surface area (Å²) in [6.45, 7) is 6.07. The summed E-state index contributed by atoms with van der Waals surface area (Å²) >= 11 is 0. The van der Waals surface area contributed by atoms with Crippen LogP contribution in [0.5, 0.6) is 0 Å². The summed E-state index contributed by atoms with van der Waals surface area (Å²) in [7, 11) is 0. The van der Waals surface area contributed by atoms with E-state index in [1.165, 1.54) is 19.3 Å². The van der Waals surface area contributed by atoms with E-state index in [2.05, 4.69) is 11.6 Å². The summed E-state index contributed by atoms with van der Waals surface area (Å²) in [5.74, 6) is 0. The maximum absolute atomic E-state index is 14.6. The van der Waals surface area contributed by atoms with Gasteiger partial charge in [-0.05, 0) is 31.4 Å². The van der Waals surface area contributed by atoms with Crippen molar-refractivity contribution in [3.8, 4) is 0 Å². The Morgan fingerprint density at radius 2 is 2.06 bits per heavy atom. The third-order valence-electron chi connectivity index (χ3n) is 4.12. The quantitative estimate of drug-likeness (QED) is 0.697. The zero-order valence-electron chi connectivity index (χ0n) is 10.8. The standard InChI is InChI=1S/C15H19FN2/c1-10-8-13-11(2)18(12-6-4-3-5-7-12)15(16)14(13)17-9-10/h8-9,12,15H,2-7H2,1H3. The average Bonchev–Trinajstić information content (AvgIpc) is 2.63. The van der Waals surface area contributed by atoms with Crippen molar-refractivity contribution in [3.05, 3.63) is 35.7 Å². The summed E-state index contributed by atoms with van der Waals surface area (Å²) < 4.78 is 14.6. The normalized spacial score (nSPS) is 24.4. The lowest BCUT2D eigenvalue weighted by Gasteiger charge is -2.34. The summed E-state index contributed by atoms with van der Waals surface area (Å²) in [5.41, 5.74) is 3.33. The molecule has 2 aliphatic rings. The monoisotopic (exact) mass is 246 g/mol. The zero-order valence-corrected chi connectivity index (χ0v) is 10.8. The number of halogens is 1. The average molecular weight is 246 g/mol. The van der Waals surface area contributed by atoms with E-state index in [4.69, 9.17) is 0 Å². The Bertz CT molecular complexity index is 477. The van der Waals surface area contributed by atoms with Crippen molar-refractivity contribution in [2.45, 2.75) is 51.4 Å². The fourth-order valence-corrected chi connectivity index (χ4v) is 3.17. The van der Waals surface area contributed by atoms with Crippen LogP contribution in [-0.2, 0) is 0 Å². The number of fused-ring (bicyclic) bond motifs is 1. The van der Waals surface area contributed by atoms with E-state index < -0.39 is 6.30 Å². The Balaban J connectivity index is 1.93. The lowest BCUT2D eigenvalue weighted by molar-refractivity contribution is 0.0911. The van der Waals surface area contributed by atoms with E-state index in [-0.39, 0.29) is 0 Å². The molecule has 0 aromatic carbocycles. The largest absolute Gasteiger partial charge is 0.334 e. The van der Waals surface area contributed by atoms with Crippen molar-refractivity contribution >= 4 is 5.70 Å². The first kappa shape index (κ1) is 11.7. The van der Waals surface area contributed by atoms with Gasteiger partial charge >= 0.3 is 0 Å². The minimum absolute atomic E-state index is 0.302. The van der Waals surface area contributed by atoms with Crippen molar-refractivity contribution in [1.82, 2.24) is 9.88 Å². The first-order valence-corrected chi connectivity index (χ1v) is 6.76. The molecular formula is C15H19FN2. The highest BCUT2D eigenvalue weighted by molar-refractivity contribution is 5.69. The highest BCUT2D eigenvalue weighted by Crippen LogP contribution is 2.44. The molecule has 1 atom stereocenters. The molecule has 1 aliphatic carbocycles. The Labute approximate surface area is 108 Å². The highest BCUT2D eigenvalue weighted by atomic mass is 19.1. The lowest BCUT2D eigenvalue weighted by atomic mass is 9.94. The minimum Gasteiger partial charge on any atom is -0.334 e. The topological polar surface area (TPSA) is 16.1 Å². The van der Waals surface area contributed by atoms with E-state index in [9.17, 15) is 4.39 Å². The molecule has 1 aliphatic heterocycles. The molecule has 0 saturated heterocycles. The predicted octanol–water partition coefficient (Wildman–Crippen LogP) is 3.98. The predicted molar refractivity (Wildman–Crippen MR) is 70.6 cm³/mol. The van der Waals surface area contributed by atoms with Crippen LogP contribution in [0.1, 0.15) is 55.2 Å². The second-order valence-corrected chi connectivity index (χ2v) is 5.43. The number of hydrogen-bond donors (Lipinski definition) is 0. The summed E-state index contributed by atoms with van der Waals surface area (Å²) in [6, 6.07) is 2.30. The SMILES string of the molecule is C=C1c2cc(C)cnc2C(F)N1C1CCCCC1. The maximum Gasteiger partial charge on any atom is 0.216 e. The Morgan fingerprint density at radius 3 is 2.78 bits per heavy atom. The molecular weight excluding hydrogens is 227 g/mol. The van der Waals surface area contributed by atoms with Gasteiger partial charge in [-0.15, -0.1) is 0 Å². The first-order chi connectivity index (χ1) is 8.68. The van der Waals surface area contributed by atoms with E-state index in [1.54, 1.807) is 6.20 Å². The van der Waals surface area contributed by atoms with E-state index in [1.807, 2.05) is 17.9 Å². The van der Waals surface area contributed by atoms with Gasteiger partial charge in [0.1, 0.15) is 5.69 Å². The van der Waals surface area contributed by atoms with Gasteiger partial charge in [0, 0.05) is 23.5 Å². The zero-order chi connectivity index (χ0) is 12.7. The third-order valence-corrected chi connectivity index (χ3v) is 4.12. The molecule has 3 heteroatoms. The molecule has 1 unspecified atom stereocenters. The molecule has 1 fully saturated rings. The van der Waals surface area contributed by atoms with Crippen LogP contribution in [0, 0.1) is 6.92 Å². The smallest absolute Gasteiger partial charge is 0.216 e. The lowest BCUT2D eigenvalue weighted by Crippen LogP contribution is -2.33. The van der Waals surface area contributed by atoms with Gasteiger partial charge in [0.25, 0.3) is 0 Å². The Kier molecular flexibility index (Phi) is 2.84. The second kappa shape index (κ2) is 4.38. The van der Waals surface area contributed by atoms with Crippen LogP contribution in [0.4, 0.5) is 4.39 Å². The molecule has 0 radical (unpaired) electrons. The molecule has 0 spiro atoms. The van der Waals surface area contributed by atoms with Gasteiger partial charge in [-0.1, -0.05) is 25.8 Å². The highest BCUT2D eigenvalue weighted by Gasteiger charge is 2.38. The number of aromatic nitrogens is 1. The second-order valence-electron chi connectivity index (χ2n) is 5.43. The van der Waals surface area contributed by atoms with E-state index in [0.29, 0.717) is 11.7 Å². The molecule has 0 N–H and O–H groups in total. The van der Waals surface area contributed by atoms with Crippen LogP contribution in [0.25, 0.3) is 5.70 Å². The van der Waals surface area contributed by atoms with Gasteiger partial charge in [-0.2, -0.15) is 0 Å². The van der Waals surface area contributed by atoms with Crippen LogP contribution in [0.2, 0.25) is 0 Å². The Morgan fingerprint density at radius 1 is 1.33 bits per heavy atom. The van der Waals surface area contributed by atoms with Gasteiger partial charge in [0.2, 0.25) is 6.30 Å². The van der Waals surface area contributed by atoms with Crippen molar-refractivity contribution < 1.29 is 4.39 Å². The van der Waals surface area contributed by atoms with Gasteiger partial charge in [0.05, 0.1) is 0 Å². The van der Waals surface area contributed by atoms with Crippen LogP contribution >= 0.6 is 0 Å². The molecule has 1 aromatic heterocycles. The van der Waals surface area contributed by atoms with E-state index >= 15 is 0 Å². The molecule has 18 heavy (non-hydrogen) atoms. The van der Waals surface area contributed by atoms with Gasteiger partial charge in [0.15, 0.2) is 0 Å². The first-order valence-electron chi connectivity index (χ1n) is 6.76. The van der Waals surface area contributed by atoms with Gasteiger partial charge in [-0.3, -0.25) is 4.98 Å². The number of pyridine rings is 1. The number of aryl methyl sites for hydroxylation is 1. The van der Waals surface area contributed by atoms with Crippen molar-refractivity contribution in [2.75, 3.05) is 0 Å². The number of alkyl halides is 1. The van der Waals surface area contributed by atoms with Crippen molar-refractivity contribution in [1.29, 1.82) is 0 Å². The van der Waals surface area contributed by atoms with Crippen LogP contribution in [-0.4, -0.2) is 15.9 Å². The molecule has 2 nitrogen and oxygen atoms in total. The molecule has 1 saturated carbocycles. The van der Waals surface area contributed by atoms with Crippen LogP contribution < -0.4 is 0 Å². The van der Waals surface area contributed by atoms with Crippen LogP contribution in [0.3, 0.4) is 0 Å². The van der Waals surface area contributed by atoms with Gasteiger partial charge in [-0.25, -0.2) is 4.39 Å². The Hall–Kier alpha value is -1.38. The molecule has 3 rings (SSSR count). The molecule has 0 bridgehead atoms. The minimum atomic E-state index is -1.10. The molecule has 0 amide bonds. The summed E-state index contributed by atoms with van der Waals surface area (Å²) in [6.07, 6.45) is 6.46. The van der Waals surface area contributed by atoms with Crippen molar-refractivity contribution in [2.24, 2.45) is 0 Å². The number of hydrogen-bond acceptors (Lipinski definition) is 2. The van der Waals surface area contributed by atoms with Crippen LogP contribution in [0.15, 0.2) is 18.8 Å². The third kappa shape index (κ3) is 1.73.